The molecule has 6 heteroatoms. The van der Waals surface area contributed by atoms with E-state index < -0.39 is 17.8 Å². The summed E-state index contributed by atoms with van der Waals surface area (Å²) in [5.74, 6) is -2.07. The number of carbonyl (C=O) groups is 2. The molecule has 0 bridgehead atoms. The van der Waals surface area contributed by atoms with E-state index in [1.54, 1.807) is 0 Å². The van der Waals surface area contributed by atoms with Crippen LogP contribution in [0.25, 0.3) is 0 Å². The molecule has 0 aromatic carbocycles. The molecule has 5 nitrogen and oxygen atoms in total. The molecular weight excluding hydrogens is 189 g/mol. The predicted octanol–water partition coefficient (Wildman–Crippen LogP) is 0.00160. The molecule has 1 aromatic heterocycles. The van der Waals surface area contributed by atoms with Crippen LogP contribution in [0.2, 0.25) is 0 Å². The van der Waals surface area contributed by atoms with Gasteiger partial charge in [0.2, 0.25) is 11.9 Å². The minimum Gasteiger partial charge on any atom is -0.274 e. The predicted molar refractivity (Wildman–Crippen MR) is 45.5 cm³/mol. The maximum atomic E-state index is 12.9. The zero-order valence-corrected chi connectivity index (χ0v) is 7.37. The van der Waals surface area contributed by atoms with Gasteiger partial charge in [0.15, 0.2) is 0 Å². The van der Waals surface area contributed by atoms with Crippen LogP contribution in [-0.4, -0.2) is 16.8 Å². The van der Waals surface area contributed by atoms with Gasteiger partial charge in [-0.3, -0.25) is 20.4 Å². The lowest BCUT2D eigenvalue weighted by Gasteiger charge is -2.04. The first-order chi connectivity index (χ1) is 6.61. The van der Waals surface area contributed by atoms with Crippen molar-refractivity contribution in [1.29, 1.82) is 0 Å². The molecule has 1 heterocycles. The molecule has 0 atom stereocenters. The van der Waals surface area contributed by atoms with Gasteiger partial charge in [-0.2, -0.15) is 4.39 Å². The number of carbonyl (C=O) groups excluding carboxylic acids is 2. The number of amides is 2. The van der Waals surface area contributed by atoms with Crippen molar-refractivity contribution in [3.8, 4) is 0 Å². The Kier molecular flexibility index (Phi) is 3.11. The van der Waals surface area contributed by atoms with Crippen LogP contribution in [0.1, 0.15) is 17.3 Å². The summed E-state index contributed by atoms with van der Waals surface area (Å²) >= 11 is 0. The third-order valence-electron chi connectivity index (χ3n) is 1.36. The second kappa shape index (κ2) is 4.31. The third-order valence-corrected chi connectivity index (χ3v) is 1.36. The zero-order valence-electron chi connectivity index (χ0n) is 7.37. The quantitative estimate of drug-likeness (QED) is 0.491. The SMILES string of the molecule is CC(=O)NNC(=O)c1cccnc1F. The van der Waals surface area contributed by atoms with E-state index in [0.29, 0.717) is 0 Å². The number of nitrogens with one attached hydrogen (secondary N) is 2. The smallest absolute Gasteiger partial charge is 0.274 e. The highest BCUT2D eigenvalue weighted by Gasteiger charge is 2.11. The molecule has 1 rings (SSSR count). The van der Waals surface area contributed by atoms with Gasteiger partial charge in [0.25, 0.3) is 5.91 Å². The Morgan fingerprint density at radius 1 is 1.43 bits per heavy atom. The maximum absolute atomic E-state index is 12.9. The van der Waals surface area contributed by atoms with Gasteiger partial charge >= 0.3 is 0 Å². The van der Waals surface area contributed by atoms with Gasteiger partial charge in [0.05, 0.1) is 5.56 Å². The Morgan fingerprint density at radius 2 is 2.14 bits per heavy atom. The van der Waals surface area contributed by atoms with Crippen LogP contribution in [0, 0.1) is 5.95 Å². The molecule has 0 saturated carbocycles. The summed E-state index contributed by atoms with van der Waals surface area (Å²) in [4.78, 5) is 24.9. The summed E-state index contributed by atoms with van der Waals surface area (Å²) in [5, 5.41) is 0. The van der Waals surface area contributed by atoms with E-state index in [2.05, 4.69) is 4.98 Å². The lowest BCUT2D eigenvalue weighted by molar-refractivity contribution is -0.119. The van der Waals surface area contributed by atoms with Crippen LogP contribution >= 0.6 is 0 Å². The molecule has 14 heavy (non-hydrogen) atoms. The third kappa shape index (κ3) is 2.51. The molecule has 0 fully saturated rings. The van der Waals surface area contributed by atoms with Crippen molar-refractivity contribution < 1.29 is 14.0 Å². The Hall–Kier alpha value is -1.98. The van der Waals surface area contributed by atoms with Gasteiger partial charge in [-0.05, 0) is 12.1 Å². The fourth-order valence-corrected chi connectivity index (χ4v) is 0.768. The monoisotopic (exact) mass is 197 g/mol. The summed E-state index contributed by atoms with van der Waals surface area (Å²) in [7, 11) is 0. The minimum atomic E-state index is -0.879. The average Bonchev–Trinajstić information content (AvgIpc) is 2.15. The standard InChI is InChI=1S/C8H8FN3O2/c1-5(13)11-12-8(14)6-3-2-4-10-7(6)9/h2-4H,1H3,(H,11,13)(H,12,14). The summed E-state index contributed by atoms with van der Waals surface area (Å²) < 4.78 is 12.9. The topological polar surface area (TPSA) is 71.1 Å². The molecule has 1 aromatic rings. The van der Waals surface area contributed by atoms with Crippen molar-refractivity contribution in [2.45, 2.75) is 6.92 Å². The Labute approximate surface area is 79.3 Å². The van der Waals surface area contributed by atoms with E-state index in [1.165, 1.54) is 25.3 Å². The molecular formula is C8H8FN3O2. The minimum absolute atomic E-state index is 0.221. The number of hydrogen-bond acceptors (Lipinski definition) is 3. The number of hydrogen-bond donors (Lipinski definition) is 2. The number of halogens is 1. The molecule has 0 saturated heterocycles. The van der Waals surface area contributed by atoms with Gasteiger partial charge in [-0.15, -0.1) is 0 Å². The van der Waals surface area contributed by atoms with Crippen molar-refractivity contribution in [3.63, 3.8) is 0 Å². The highest BCUT2D eigenvalue weighted by atomic mass is 19.1. The van der Waals surface area contributed by atoms with Crippen LogP contribution in [-0.2, 0) is 4.79 Å². The highest BCUT2D eigenvalue weighted by Crippen LogP contribution is 2.01. The van der Waals surface area contributed by atoms with Gasteiger partial charge < -0.3 is 0 Å². The summed E-state index contributed by atoms with van der Waals surface area (Å²) in [6.45, 7) is 1.22. The molecule has 0 aliphatic heterocycles. The first-order valence-electron chi connectivity index (χ1n) is 3.78. The second-order valence-corrected chi connectivity index (χ2v) is 2.48. The number of pyridine rings is 1. The van der Waals surface area contributed by atoms with Gasteiger partial charge in [-0.25, -0.2) is 4.98 Å². The lowest BCUT2D eigenvalue weighted by Crippen LogP contribution is -2.40. The molecule has 0 unspecified atom stereocenters. The van der Waals surface area contributed by atoms with Crippen molar-refractivity contribution in [2.75, 3.05) is 0 Å². The van der Waals surface area contributed by atoms with Crippen LogP contribution < -0.4 is 10.9 Å². The first kappa shape index (κ1) is 10.1. The summed E-state index contributed by atoms with van der Waals surface area (Å²) in [5.41, 5.74) is 3.84. The largest absolute Gasteiger partial charge is 0.274 e. The van der Waals surface area contributed by atoms with E-state index >= 15 is 0 Å². The van der Waals surface area contributed by atoms with Crippen molar-refractivity contribution in [3.05, 3.63) is 29.8 Å². The Morgan fingerprint density at radius 3 is 2.71 bits per heavy atom. The van der Waals surface area contributed by atoms with Crippen LogP contribution in [0.3, 0.4) is 0 Å². The highest BCUT2D eigenvalue weighted by molar-refractivity contribution is 5.95. The molecule has 2 amide bonds. The summed E-state index contributed by atoms with van der Waals surface area (Å²) in [6.07, 6.45) is 1.23. The van der Waals surface area contributed by atoms with Crippen molar-refractivity contribution in [2.24, 2.45) is 0 Å². The second-order valence-electron chi connectivity index (χ2n) is 2.48. The number of hydrazine groups is 1. The molecule has 0 aliphatic carbocycles. The van der Waals surface area contributed by atoms with E-state index in [-0.39, 0.29) is 5.56 Å². The fraction of sp³-hybridized carbons (Fsp3) is 0.125. The number of aromatic nitrogens is 1. The normalized spacial score (nSPS) is 9.29. The van der Waals surface area contributed by atoms with Gasteiger partial charge in [0, 0.05) is 13.1 Å². The van der Waals surface area contributed by atoms with Crippen LogP contribution in [0.15, 0.2) is 18.3 Å². The Bertz CT molecular complexity index is 367. The average molecular weight is 197 g/mol. The Balaban J connectivity index is 2.70. The molecule has 0 aliphatic rings. The summed E-state index contributed by atoms with van der Waals surface area (Å²) in [6, 6.07) is 2.69. The van der Waals surface area contributed by atoms with E-state index in [9.17, 15) is 14.0 Å². The number of nitrogens with zero attached hydrogens (tertiary/aromatic N) is 1. The van der Waals surface area contributed by atoms with Gasteiger partial charge in [-0.1, -0.05) is 0 Å². The number of rotatable bonds is 1. The first-order valence-corrected chi connectivity index (χ1v) is 3.78. The van der Waals surface area contributed by atoms with E-state index in [1.807, 2.05) is 10.9 Å². The van der Waals surface area contributed by atoms with Crippen molar-refractivity contribution in [1.82, 2.24) is 15.8 Å². The molecule has 2 N–H and O–H groups in total. The zero-order chi connectivity index (χ0) is 10.6. The van der Waals surface area contributed by atoms with E-state index in [4.69, 9.17) is 0 Å². The van der Waals surface area contributed by atoms with Gasteiger partial charge in [0.1, 0.15) is 0 Å². The molecule has 0 radical (unpaired) electrons. The maximum Gasteiger partial charge on any atom is 0.274 e. The molecule has 0 spiro atoms. The molecule has 74 valence electrons. The fourth-order valence-electron chi connectivity index (χ4n) is 0.768. The van der Waals surface area contributed by atoms with Crippen molar-refractivity contribution >= 4 is 11.8 Å². The lowest BCUT2D eigenvalue weighted by atomic mass is 10.3. The van der Waals surface area contributed by atoms with Crippen LogP contribution in [0.4, 0.5) is 4.39 Å². The van der Waals surface area contributed by atoms with E-state index in [0.717, 1.165) is 0 Å². The van der Waals surface area contributed by atoms with Crippen LogP contribution in [0.5, 0.6) is 0 Å².